The van der Waals surface area contributed by atoms with E-state index in [1.165, 1.54) is 0 Å². The molecule has 17 heavy (non-hydrogen) atoms. The maximum absolute atomic E-state index is 11.5. The first-order valence-corrected chi connectivity index (χ1v) is 5.31. The number of carbonyl (C=O) groups is 3. The lowest BCUT2D eigenvalue weighted by Gasteiger charge is -2.16. The van der Waals surface area contributed by atoms with Crippen molar-refractivity contribution in [3.8, 4) is 0 Å². The van der Waals surface area contributed by atoms with Crippen molar-refractivity contribution in [3.63, 3.8) is 0 Å². The second kappa shape index (κ2) is 5.13. The number of hydrogen-bond acceptors (Lipinski definition) is 4. The number of carbonyl (C=O) groups excluding carboxylic acids is 2. The molecule has 1 saturated heterocycles. The molecule has 0 aromatic rings. The molecular weight excluding hydrogens is 228 g/mol. The van der Waals surface area contributed by atoms with Crippen LogP contribution in [0.15, 0.2) is 0 Å². The maximum atomic E-state index is 11.5. The first kappa shape index (κ1) is 13.4. The van der Waals surface area contributed by atoms with Gasteiger partial charge in [-0.05, 0) is 12.3 Å². The van der Waals surface area contributed by atoms with E-state index >= 15 is 0 Å². The lowest BCUT2D eigenvalue weighted by atomic mass is 10.0. The molecule has 96 valence electrons. The molecule has 1 aliphatic heterocycles. The molecule has 0 bridgehead atoms. The van der Waals surface area contributed by atoms with Gasteiger partial charge in [-0.1, -0.05) is 13.8 Å². The van der Waals surface area contributed by atoms with Crippen LogP contribution in [-0.4, -0.2) is 41.1 Å². The summed E-state index contributed by atoms with van der Waals surface area (Å²) < 4.78 is 4.66. The molecule has 1 aliphatic rings. The third-order valence-corrected chi connectivity index (χ3v) is 2.36. The van der Waals surface area contributed by atoms with E-state index < -0.39 is 36.0 Å². The van der Waals surface area contributed by atoms with Crippen molar-refractivity contribution in [2.24, 2.45) is 11.7 Å². The van der Waals surface area contributed by atoms with Gasteiger partial charge in [-0.3, -0.25) is 9.59 Å². The van der Waals surface area contributed by atoms with E-state index in [0.717, 1.165) is 0 Å². The van der Waals surface area contributed by atoms with E-state index in [2.05, 4.69) is 10.1 Å². The van der Waals surface area contributed by atoms with E-state index in [-0.39, 0.29) is 5.92 Å². The smallest absolute Gasteiger partial charge is 0.336 e. The van der Waals surface area contributed by atoms with Crippen molar-refractivity contribution in [2.75, 3.05) is 0 Å². The Labute approximate surface area is 98.3 Å². The highest BCUT2D eigenvalue weighted by molar-refractivity contribution is 5.94. The highest BCUT2D eigenvalue weighted by Crippen LogP contribution is 2.22. The summed E-state index contributed by atoms with van der Waals surface area (Å²) in [6.07, 6.45) is -1.71. The molecule has 7 heteroatoms. The molecule has 1 heterocycles. The topological polar surface area (TPSA) is 122 Å². The first-order valence-electron chi connectivity index (χ1n) is 5.31. The van der Waals surface area contributed by atoms with Crippen LogP contribution < -0.4 is 11.1 Å². The number of epoxide rings is 1. The molecular formula is C10H16N2O5. The highest BCUT2D eigenvalue weighted by atomic mass is 16.6. The Balaban J connectivity index is 2.48. The van der Waals surface area contributed by atoms with Gasteiger partial charge in [0.05, 0.1) is 0 Å². The highest BCUT2D eigenvalue weighted by Gasteiger charge is 2.51. The maximum Gasteiger partial charge on any atom is 0.336 e. The largest absolute Gasteiger partial charge is 0.479 e. The molecule has 3 atom stereocenters. The van der Waals surface area contributed by atoms with Crippen LogP contribution in [0.4, 0.5) is 0 Å². The standard InChI is InChI=1S/C10H16N2O5/c1-4(2)3-5(8(11)13)12-9(14)6-7(17-6)10(15)16/h4-7H,3H2,1-2H3,(H2,11,13)(H,12,14)(H,15,16)/t5?,6-,7-/m0/s1. The monoisotopic (exact) mass is 244 g/mol. The van der Waals surface area contributed by atoms with Crippen molar-refractivity contribution in [2.45, 2.75) is 38.5 Å². The van der Waals surface area contributed by atoms with Gasteiger partial charge in [0.25, 0.3) is 5.91 Å². The fourth-order valence-corrected chi connectivity index (χ4v) is 1.47. The third kappa shape index (κ3) is 3.70. The molecule has 0 aromatic heterocycles. The average Bonchev–Trinajstić information content (AvgIpc) is 2.94. The van der Waals surface area contributed by atoms with Crippen LogP contribution in [0.2, 0.25) is 0 Å². The van der Waals surface area contributed by atoms with Crippen molar-refractivity contribution in [1.82, 2.24) is 5.32 Å². The normalized spacial score (nSPS) is 24.2. The predicted molar refractivity (Wildman–Crippen MR) is 56.9 cm³/mol. The summed E-state index contributed by atoms with van der Waals surface area (Å²) in [4.78, 5) is 33.1. The summed E-state index contributed by atoms with van der Waals surface area (Å²) in [5.41, 5.74) is 5.14. The summed E-state index contributed by atoms with van der Waals surface area (Å²) in [5.74, 6) is -2.26. The van der Waals surface area contributed by atoms with Crippen LogP contribution in [-0.2, 0) is 19.1 Å². The zero-order valence-electron chi connectivity index (χ0n) is 9.67. The lowest BCUT2D eigenvalue weighted by molar-refractivity contribution is -0.138. The number of rotatable bonds is 6. The summed E-state index contributed by atoms with van der Waals surface area (Å²) in [6.45, 7) is 3.77. The molecule has 4 N–H and O–H groups in total. The van der Waals surface area contributed by atoms with E-state index in [1.807, 2.05) is 13.8 Å². The molecule has 0 spiro atoms. The predicted octanol–water partition coefficient (Wildman–Crippen LogP) is -1.15. The van der Waals surface area contributed by atoms with Crippen molar-refractivity contribution in [1.29, 1.82) is 0 Å². The van der Waals surface area contributed by atoms with Crippen LogP contribution >= 0.6 is 0 Å². The minimum Gasteiger partial charge on any atom is -0.479 e. The summed E-state index contributed by atoms with van der Waals surface area (Å²) in [7, 11) is 0. The van der Waals surface area contributed by atoms with E-state index in [4.69, 9.17) is 10.8 Å². The molecule has 0 saturated carbocycles. The minimum atomic E-state index is -1.19. The van der Waals surface area contributed by atoms with Crippen LogP contribution in [0.1, 0.15) is 20.3 Å². The molecule has 0 aromatic carbocycles. The number of hydrogen-bond donors (Lipinski definition) is 3. The quantitative estimate of drug-likeness (QED) is 0.509. The Morgan fingerprint density at radius 3 is 2.29 bits per heavy atom. The van der Waals surface area contributed by atoms with Gasteiger partial charge in [0.15, 0.2) is 12.2 Å². The van der Waals surface area contributed by atoms with Gasteiger partial charge in [0.2, 0.25) is 5.91 Å². The summed E-state index contributed by atoms with van der Waals surface area (Å²) in [6, 6.07) is -0.791. The van der Waals surface area contributed by atoms with Crippen LogP contribution in [0, 0.1) is 5.92 Å². The molecule has 0 radical (unpaired) electrons. The first-order chi connectivity index (χ1) is 7.82. The number of ether oxygens (including phenoxy) is 1. The number of amides is 2. The molecule has 1 fully saturated rings. The number of carboxylic acids is 1. The second-order valence-corrected chi connectivity index (χ2v) is 4.41. The van der Waals surface area contributed by atoms with Gasteiger partial charge >= 0.3 is 5.97 Å². The van der Waals surface area contributed by atoms with Crippen LogP contribution in [0.5, 0.6) is 0 Å². The Bertz CT molecular complexity index is 342. The van der Waals surface area contributed by atoms with E-state index in [1.54, 1.807) is 0 Å². The Morgan fingerprint density at radius 2 is 1.94 bits per heavy atom. The van der Waals surface area contributed by atoms with Gasteiger partial charge in [-0.2, -0.15) is 0 Å². The second-order valence-electron chi connectivity index (χ2n) is 4.41. The summed E-state index contributed by atoms with van der Waals surface area (Å²) >= 11 is 0. The minimum absolute atomic E-state index is 0.184. The van der Waals surface area contributed by atoms with Gasteiger partial charge < -0.3 is 20.9 Å². The number of primary amides is 1. The van der Waals surface area contributed by atoms with Gasteiger partial charge in [-0.25, -0.2) is 4.79 Å². The zero-order chi connectivity index (χ0) is 13.2. The third-order valence-electron chi connectivity index (χ3n) is 2.36. The lowest BCUT2D eigenvalue weighted by Crippen LogP contribution is -2.47. The molecule has 7 nitrogen and oxygen atoms in total. The van der Waals surface area contributed by atoms with E-state index in [9.17, 15) is 14.4 Å². The fraction of sp³-hybridized carbons (Fsp3) is 0.700. The molecule has 2 amide bonds. The SMILES string of the molecule is CC(C)CC(NC(=O)[C@H]1O[C@@H]1C(=O)O)C(N)=O. The average molecular weight is 244 g/mol. The van der Waals surface area contributed by atoms with Gasteiger partial charge in [0, 0.05) is 0 Å². The van der Waals surface area contributed by atoms with Crippen LogP contribution in [0.3, 0.4) is 0 Å². The molecule has 0 aliphatic carbocycles. The van der Waals surface area contributed by atoms with E-state index in [0.29, 0.717) is 6.42 Å². The Hall–Kier alpha value is -1.63. The van der Waals surface area contributed by atoms with Crippen molar-refractivity contribution < 1.29 is 24.2 Å². The van der Waals surface area contributed by atoms with Gasteiger partial charge in [0.1, 0.15) is 6.04 Å². The number of aliphatic carboxylic acids is 1. The zero-order valence-corrected chi connectivity index (χ0v) is 9.67. The molecule has 1 rings (SSSR count). The number of nitrogens with two attached hydrogens (primary N) is 1. The van der Waals surface area contributed by atoms with Gasteiger partial charge in [-0.15, -0.1) is 0 Å². The number of nitrogens with one attached hydrogen (secondary N) is 1. The fourth-order valence-electron chi connectivity index (χ4n) is 1.47. The Kier molecular flexibility index (Phi) is 4.06. The molecule has 1 unspecified atom stereocenters. The number of carboxylic acid groups (broad SMARTS) is 1. The van der Waals surface area contributed by atoms with Crippen LogP contribution in [0.25, 0.3) is 0 Å². The van der Waals surface area contributed by atoms with Crippen molar-refractivity contribution in [3.05, 3.63) is 0 Å². The Morgan fingerprint density at radius 1 is 1.35 bits per heavy atom. The van der Waals surface area contributed by atoms with Crippen molar-refractivity contribution >= 4 is 17.8 Å². The summed E-state index contributed by atoms with van der Waals surface area (Å²) in [5, 5.41) is 11.0.